The summed E-state index contributed by atoms with van der Waals surface area (Å²) in [6.07, 6.45) is 4.36. The Morgan fingerprint density at radius 3 is 3.08 bits per heavy atom. The minimum absolute atomic E-state index is 0.0715. The molecule has 3 aromatic rings. The zero-order chi connectivity index (χ0) is 16.8. The molecule has 8 nitrogen and oxygen atoms in total. The van der Waals surface area contributed by atoms with Crippen molar-refractivity contribution in [1.29, 1.82) is 0 Å². The van der Waals surface area contributed by atoms with Crippen molar-refractivity contribution in [3.8, 4) is 0 Å². The van der Waals surface area contributed by atoms with Crippen LogP contribution in [-0.4, -0.2) is 50.6 Å². The number of hydrogen-bond acceptors (Lipinski definition) is 3. The molecule has 4 heterocycles. The predicted molar refractivity (Wildman–Crippen MR) is 91.1 cm³/mol. The van der Waals surface area contributed by atoms with Crippen LogP contribution in [0.1, 0.15) is 19.4 Å². The Kier molecular flexibility index (Phi) is 3.33. The van der Waals surface area contributed by atoms with E-state index in [-0.39, 0.29) is 17.8 Å². The molecule has 1 aliphatic heterocycles. The van der Waals surface area contributed by atoms with Crippen LogP contribution in [0.4, 0.5) is 4.79 Å². The molecule has 0 spiro atoms. The van der Waals surface area contributed by atoms with Gasteiger partial charge < -0.3 is 20.2 Å². The van der Waals surface area contributed by atoms with Gasteiger partial charge in [-0.05, 0) is 18.4 Å². The molecule has 1 saturated heterocycles. The van der Waals surface area contributed by atoms with E-state index in [2.05, 4.69) is 27.2 Å². The number of pyridine rings is 1. The molecule has 0 aromatic carbocycles. The number of rotatable bonds is 1. The van der Waals surface area contributed by atoms with Crippen molar-refractivity contribution < 1.29 is 4.79 Å². The molecule has 4 rings (SSSR count). The fourth-order valence-electron chi connectivity index (χ4n) is 3.67. The topological polar surface area (TPSA) is 98.8 Å². The van der Waals surface area contributed by atoms with Crippen molar-refractivity contribution in [1.82, 2.24) is 29.7 Å². The lowest BCUT2D eigenvalue weighted by Gasteiger charge is -2.37. The summed E-state index contributed by atoms with van der Waals surface area (Å²) in [7, 11) is 1.63. The van der Waals surface area contributed by atoms with Crippen LogP contribution in [0.5, 0.6) is 0 Å². The summed E-state index contributed by atoms with van der Waals surface area (Å²) in [5.74, 6) is 0.296. The third-order valence-electron chi connectivity index (χ3n) is 5.01. The van der Waals surface area contributed by atoms with Gasteiger partial charge in [0.1, 0.15) is 5.65 Å². The highest BCUT2D eigenvalue weighted by atomic mass is 16.2. The number of fused-ring (bicyclic) bond motifs is 3. The standard InChI is InChI=1S/C16H20N6O2/c1-9-4-6-21(15(23)17-2)8-12(9)22-13-10-3-5-18-14(10)19-7-11(13)20-16(22)24/h3,5,7,9,12H,4,6,8H2,1-2H3,(H,17,23)(H,18,19)(H,20,24)/t9-,12+/m1/s1. The Labute approximate surface area is 137 Å². The third kappa shape index (κ3) is 2.10. The number of carbonyl (C=O) groups is 1. The molecular formula is C16H20N6O2. The van der Waals surface area contributed by atoms with E-state index in [1.165, 1.54) is 0 Å². The summed E-state index contributed by atoms with van der Waals surface area (Å²) in [5.41, 5.74) is 2.16. The molecule has 24 heavy (non-hydrogen) atoms. The number of imidazole rings is 1. The highest BCUT2D eigenvalue weighted by Crippen LogP contribution is 2.31. The maximum atomic E-state index is 12.6. The fourth-order valence-corrected chi connectivity index (χ4v) is 3.67. The van der Waals surface area contributed by atoms with Gasteiger partial charge in [-0.2, -0.15) is 0 Å². The second-order valence-electron chi connectivity index (χ2n) is 6.40. The first kappa shape index (κ1) is 14.8. The summed E-state index contributed by atoms with van der Waals surface area (Å²) < 4.78 is 1.80. The lowest BCUT2D eigenvalue weighted by atomic mass is 9.93. The molecule has 3 N–H and O–H groups in total. The minimum Gasteiger partial charge on any atom is -0.346 e. The van der Waals surface area contributed by atoms with Gasteiger partial charge >= 0.3 is 11.7 Å². The summed E-state index contributed by atoms with van der Waals surface area (Å²) in [4.78, 5) is 36.7. The van der Waals surface area contributed by atoms with E-state index in [0.717, 1.165) is 28.5 Å². The number of likely N-dealkylation sites (tertiary alicyclic amines) is 1. The molecule has 1 aliphatic rings. The molecule has 0 aliphatic carbocycles. The zero-order valence-electron chi connectivity index (χ0n) is 13.7. The van der Waals surface area contributed by atoms with E-state index in [4.69, 9.17) is 0 Å². The van der Waals surface area contributed by atoms with Crippen LogP contribution in [-0.2, 0) is 0 Å². The van der Waals surface area contributed by atoms with Crippen LogP contribution in [0.2, 0.25) is 0 Å². The highest BCUT2D eigenvalue weighted by Gasteiger charge is 2.32. The maximum absolute atomic E-state index is 12.6. The van der Waals surface area contributed by atoms with Gasteiger partial charge in [0, 0.05) is 31.7 Å². The quantitative estimate of drug-likeness (QED) is 0.630. The van der Waals surface area contributed by atoms with E-state index in [0.29, 0.717) is 19.0 Å². The molecule has 2 amide bonds. The van der Waals surface area contributed by atoms with Gasteiger partial charge in [-0.15, -0.1) is 0 Å². The Morgan fingerprint density at radius 1 is 1.46 bits per heavy atom. The van der Waals surface area contributed by atoms with Crippen LogP contribution < -0.4 is 11.0 Å². The molecule has 3 aromatic heterocycles. The number of amides is 2. The molecule has 0 radical (unpaired) electrons. The van der Waals surface area contributed by atoms with Crippen molar-refractivity contribution in [2.45, 2.75) is 19.4 Å². The number of aromatic nitrogens is 4. The van der Waals surface area contributed by atoms with Gasteiger partial charge in [0.05, 0.1) is 23.3 Å². The lowest BCUT2D eigenvalue weighted by Crippen LogP contribution is -2.48. The predicted octanol–water partition coefficient (Wildman–Crippen LogP) is 1.43. The number of carbonyl (C=O) groups excluding carboxylic acids is 1. The molecule has 126 valence electrons. The Bertz CT molecular complexity index is 968. The average molecular weight is 328 g/mol. The van der Waals surface area contributed by atoms with Gasteiger partial charge in [-0.3, -0.25) is 4.57 Å². The minimum atomic E-state index is -0.156. The summed E-state index contributed by atoms with van der Waals surface area (Å²) >= 11 is 0. The Hall–Kier alpha value is -2.77. The Morgan fingerprint density at radius 2 is 2.29 bits per heavy atom. The third-order valence-corrected chi connectivity index (χ3v) is 5.01. The first-order valence-corrected chi connectivity index (χ1v) is 8.13. The smallest absolute Gasteiger partial charge is 0.326 e. The van der Waals surface area contributed by atoms with Gasteiger partial charge in [0.15, 0.2) is 0 Å². The van der Waals surface area contributed by atoms with Crippen LogP contribution in [0.3, 0.4) is 0 Å². The summed E-state index contributed by atoms with van der Waals surface area (Å²) in [5, 5.41) is 3.58. The second kappa shape index (κ2) is 5.40. The van der Waals surface area contributed by atoms with Gasteiger partial charge in [0.25, 0.3) is 0 Å². The van der Waals surface area contributed by atoms with Crippen molar-refractivity contribution >= 4 is 28.1 Å². The van der Waals surface area contributed by atoms with E-state index in [1.807, 2.05) is 12.3 Å². The van der Waals surface area contributed by atoms with Crippen molar-refractivity contribution in [3.63, 3.8) is 0 Å². The van der Waals surface area contributed by atoms with E-state index in [9.17, 15) is 9.59 Å². The van der Waals surface area contributed by atoms with Crippen LogP contribution in [0.15, 0.2) is 23.3 Å². The normalized spacial score (nSPS) is 21.5. The van der Waals surface area contributed by atoms with Crippen molar-refractivity contribution in [3.05, 3.63) is 28.9 Å². The SMILES string of the molecule is CNC(=O)N1CC[C@@H](C)[C@@H](n2c(=O)[nH]c3cnc4[nH]ccc4c32)C1. The van der Waals surface area contributed by atoms with Gasteiger partial charge in [-0.25, -0.2) is 14.6 Å². The zero-order valence-corrected chi connectivity index (χ0v) is 13.7. The molecular weight excluding hydrogens is 308 g/mol. The van der Waals surface area contributed by atoms with Gasteiger partial charge in [-0.1, -0.05) is 6.92 Å². The molecule has 2 atom stereocenters. The largest absolute Gasteiger partial charge is 0.346 e. The average Bonchev–Trinajstić information content (AvgIpc) is 3.17. The highest BCUT2D eigenvalue weighted by molar-refractivity contribution is 6.00. The molecule has 0 bridgehead atoms. The number of piperidine rings is 1. The van der Waals surface area contributed by atoms with E-state index < -0.39 is 0 Å². The number of hydrogen-bond donors (Lipinski definition) is 3. The second-order valence-corrected chi connectivity index (χ2v) is 6.40. The van der Waals surface area contributed by atoms with Crippen molar-refractivity contribution in [2.24, 2.45) is 5.92 Å². The van der Waals surface area contributed by atoms with Crippen LogP contribution >= 0.6 is 0 Å². The Balaban J connectivity index is 1.88. The van der Waals surface area contributed by atoms with Crippen molar-refractivity contribution in [2.75, 3.05) is 20.1 Å². The first-order valence-electron chi connectivity index (χ1n) is 8.13. The molecule has 0 unspecified atom stereocenters. The number of nitrogens with one attached hydrogen (secondary N) is 3. The van der Waals surface area contributed by atoms with E-state index in [1.54, 1.807) is 22.7 Å². The number of aromatic amines is 2. The number of urea groups is 1. The lowest BCUT2D eigenvalue weighted by molar-refractivity contribution is 0.142. The molecule has 8 heteroatoms. The van der Waals surface area contributed by atoms with E-state index >= 15 is 0 Å². The maximum Gasteiger partial charge on any atom is 0.326 e. The number of H-pyrrole nitrogens is 2. The molecule has 0 saturated carbocycles. The van der Waals surface area contributed by atoms with Crippen LogP contribution in [0, 0.1) is 5.92 Å². The first-order chi connectivity index (χ1) is 11.6. The monoisotopic (exact) mass is 328 g/mol. The van der Waals surface area contributed by atoms with Gasteiger partial charge in [0.2, 0.25) is 0 Å². The fraction of sp³-hybridized carbons (Fsp3) is 0.438. The molecule has 1 fully saturated rings. The summed E-state index contributed by atoms with van der Waals surface area (Å²) in [6, 6.07) is 1.75. The number of nitrogens with zero attached hydrogens (tertiary/aromatic N) is 3. The van der Waals surface area contributed by atoms with Crippen LogP contribution in [0.25, 0.3) is 22.1 Å². The summed E-state index contributed by atoms with van der Waals surface area (Å²) in [6.45, 7) is 3.35.